The quantitative estimate of drug-likeness (QED) is 0.153. The van der Waals surface area contributed by atoms with Gasteiger partial charge in [0, 0.05) is 32.9 Å². The molecule has 0 saturated heterocycles. The first-order chi connectivity index (χ1) is 32.2. The maximum atomic E-state index is 6.55. The standard InChI is InChI=1S/C61H42N2O2/c1-7-19-55-49(13-1)50-14-2-8-20-56(50)61(55,41-25-33-45(34-26-41)64-47-37-29-43(30-38-47)62-57-21-9-3-15-51(57)52-16-4-10-22-58(52)62)42-27-35-46(36-28-42)65-48-39-31-44(32-40-48)63-59-23-11-5-17-53(59)54-18-6-12-24-60(54)63/h1-7,9-19,21-40H,8,20H2. The Morgan fingerprint density at radius 3 is 1.17 bits per heavy atom. The third-order valence-corrected chi connectivity index (χ3v) is 13.6. The molecular weight excluding hydrogens is 793 g/mol. The number of ether oxygens (including phenoxy) is 2. The summed E-state index contributed by atoms with van der Waals surface area (Å²) in [5.74, 6) is 3.18. The van der Waals surface area contributed by atoms with Crippen molar-refractivity contribution >= 4 is 49.2 Å². The summed E-state index contributed by atoms with van der Waals surface area (Å²) in [4.78, 5) is 0. The van der Waals surface area contributed by atoms with Crippen LogP contribution in [0.15, 0.2) is 236 Å². The molecule has 0 amide bonds. The average Bonchev–Trinajstić information content (AvgIpc) is 4.00. The van der Waals surface area contributed by atoms with Crippen LogP contribution in [0.1, 0.15) is 35.1 Å². The summed E-state index contributed by atoms with van der Waals surface area (Å²) in [6.45, 7) is 0. The highest BCUT2D eigenvalue weighted by Crippen LogP contribution is 2.57. The van der Waals surface area contributed by atoms with Crippen molar-refractivity contribution in [3.8, 4) is 34.4 Å². The Labute approximate surface area is 377 Å². The molecule has 4 nitrogen and oxygen atoms in total. The Morgan fingerprint density at radius 1 is 0.369 bits per heavy atom. The summed E-state index contributed by atoms with van der Waals surface area (Å²) in [5.41, 5.74) is 14.3. The Balaban J connectivity index is 0.812. The average molecular weight is 835 g/mol. The minimum atomic E-state index is -0.471. The Bertz CT molecular complexity index is 3370. The summed E-state index contributed by atoms with van der Waals surface area (Å²) in [6, 6.07) is 77.7. The second-order valence-electron chi connectivity index (χ2n) is 17.1. The lowest BCUT2D eigenvalue weighted by Gasteiger charge is -2.36. The molecule has 308 valence electrons. The highest BCUT2D eigenvalue weighted by Gasteiger charge is 2.47. The van der Waals surface area contributed by atoms with Gasteiger partial charge in [0.05, 0.1) is 27.5 Å². The number of hydrogen-bond acceptors (Lipinski definition) is 2. The Kier molecular flexibility index (Phi) is 8.53. The van der Waals surface area contributed by atoms with E-state index >= 15 is 0 Å². The summed E-state index contributed by atoms with van der Waals surface area (Å²) in [5, 5.41) is 5.00. The van der Waals surface area contributed by atoms with Gasteiger partial charge in [-0.3, -0.25) is 0 Å². The van der Waals surface area contributed by atoms with Gasteiger partial charge < -0.3 is 18.6 Å². The van der Waals surface area contributed by atoms with Crippen molar-refractivity contribution in [3.63, 3.8) is 0 Å². The zero-order chi connectivity index (χ0) is 42.9. The van der Waals surface area contributed by atoms with Crippen LogP contribution < -0.4 is 9.47 Å². The Morgan fingerprint density at radius 2 is 0.738 bits per heavy atom. The van der Waals surface area contributed by atoms with E-state index in [4.69, 9.17) is 9.47 Å². The van der Waals surface area contributed by atoms with Crippen molar-refractivity contribution in [1.29, 1.82) is 0 Å². The predicted octanol–water partition coefficient (Wildman–Crippen LogP) is 15.9. The number of fused-ring (bicyclic) bond motifs is 8. The molecule has 0 saturated carbocycles. The zero-order valence-corrected chi connectivity index (χ0v) is 35.6. The summed E-state index contributed by atoms with van der Waals surface area (Å²) < 4.78 is 17.7. The first-order valence-electron chi connectivity index (χ1n) is 22.5. The van der Waals surface area contributed by atoms with Crippen molar-refractivity contribution in [2.45, 2.75) is 18.3 Å². The molecule has 2 heterocycles. The molecule has 2 aromatic heterocycles. The molecule has 2 aliphatic rings. The number of nitrogens with zero attached hydrogens (tertiary/aromatic N) is 2. The van der Waals surface area contributed by atoms with E-state index in [9.17, 15) is 0 Å². The first-order valence-corrected chi connectivity index (χ1v) is 22.5. The fourth-order valence-electron chi connectivity index (χ4n) is 10.9. The van der Waals surface area contributed by atoms with Crippen LogP contribution in [0.25, 0.3) is 60.6 Å². The van der Waals surface area contributed by atoms with E-state index in [2.05, 4.69) is 240 Å². The van der Waals surface area contributed by atoms with Crippen molar-refractivity contribution in [2.75, 3.05) is 0 Å². The van der Waals surface area contributed by atoms with Gasteiger partial charge in [-0.1, -0.05) is 133 Å². The van der Waals surface area contributed by atoms with Gasteiger partial charge in [-0.2, -0.15) is 0 Å². The smallest absolute Gasteiger partial charge is 0.127 e. The summed E-state index contributed by atoms with van der Waals surface area (Å²) in [7, 11) is 0. The van der Waals surface area contributed by atoms with E-state index in [-0.39, 0.29) is 0 Å². The van der Waals surface area contributed by atoms with Gasteiger partial charge in [-0.25, -0.2) is 0 Å². The number of para-hydroxylation sites is 4. The molecule has 11 aromatic rings. The molecule has 9 aromatic carbocycles. The molecule has 65 heavy (non-hydrogen) atoms. The molecule has 0 bridgehead atoms. The molecule has 0 aliphatic heterocycles. The van der Waals surface area contributed by atoms with E-state index in [0.717, 1.165) is 47.2 Å². The summed E-state index contributed by atoms with van der Waals surface area (Å²) >= 11 is 0. The van der Waals surface area contributed by atoms with Crippen molar-refractivity contribution in [3.05, 3.63) is 258 Å². The Hall–Kier alpha value is -8.34. The maximum Gasteiger partial charge on any atom is 0.127 e. The van der Waals surface area contributed by atoms with Crippen molar-refractivity contribution < 1.29 is 9.47 Å². The molecule has 0 spiro atoms. The second-order valence-corrected chi connectivity index (χ2v) is 17.1. The van der Waals surface area contributed by atoms with E-state index in [0.29, 0.717) is 0 Å². The van der Waals surface area contributed by atoms with Gasteiger partial charge in [0.25, 0.3) is 0 Å². The maximum absolute atomic E-state index is 6.55. The van der Waals surface area contributed by atoms with Crippen LogP contribution in [0.5, 0.6) is 23.0 Å². The third-order valence-electron chi connectivity index (χ3n) is 13.6. The number of aromatic nitrogens is 2. The van der Waals surface area contributed by atoms with Gasteiger partial charge in [0.1, 0.15) is 23.0 Å². The van der Waals surface area contributed by atoms with Crippen LogP contribution >= 0.6 is 0 Å². The van der Waals surface area contributed by atoms with Crippen LogP contribution in [-0.2, 0) is 5.41 Å². The van der Waals surface area contributed by atoms with E-state index in [1.165, 1.54) is 77.0 Å². The molecule has 4 heteroatoms. The first kappa shape index (κ1) is 37.2. The molecule has 0 radical (unpaired) electrons. The van der Waals surface area contributed by atoms with Crippen LogP contribution in [0.2, 0.25) is 0 Å². The van der Waals surface area contributed by atoms with Gasteiger partial charge in [0.2, 0.25) is 0 Å². The lowest BCUT2D eigenvalue weighted by molar-refractivity contribution is 0.481. The monoisotopic (exact) mass is 834 g/mol. The van der Waals surface area contributed by atoms with Crippen LogP contribution in [0, 0.1) is 0 Å². The fourth-order valence-corrected chi connectivity index (χ4v) is 10.9. The summed E-state index contributed by atoms with van der Waals surface area (Å²) in [6.07, 6.45) is 6.64. The number of benzene rings is 9. The zero-order valence-electron chi connectivity index (χ0n) is 35.6. The van der Waals surface area contributed by atoms with E-state index < -0.39 is 5.41 Å². The van der Waals surface area contributed by atoms with E-state index in [1.54, 1.807) is 0 Å². The minimum absolute atomic E-state index is 0.471. The van der Waals surface area contributed by atoms with Crippen molar-refractivity contribution in [2.24, 2.45) is 0 Å². The van der Waals surface area contributed by atoms with E-state index in [1.807, 2.05) is 0 Å². The largest absolute Gasteiger partial charge is 0.457 e. The van der Waals surface area contributed by atoms with Gasteiger partial charge in [-0.15, -0.1) is 0 Å². The van der Waals surface area contributed by atoms with Crippen LogP contribution in [-0.4, -0.2) is 9.13 Å². The molecule has 0 unspecified atom stereocenters. The topological polar surface area (TPSA) is 28.3 Å². The number of rotatable bonds is 8. The molecular formula is C61H42N2O2. The molecule has 0 atom stereocenters. The number of hydrogen-bond donors (Lipinski definition) is 0. The minimum Gasteiger partial charge on any atom is -0.457 e. The molecule has 0 N–H and O–H groups in total. The lowest BCUT2D eigenvalue weighted by atomic mass is 9.65. The second kappa shape index (κ2) is 14.9. The van der Waals surface area contributed by atoms with Gasteiger partial charge >= 0.3 is 0 Å². The van der Waals surface area contributed by atoms with Crippen LogP contribution in [0.4, 0.5) is 0 Å². The highest BCUT2D eigenvalue weighted by molar-refractivity contribution is 6.10. The number of allylic oxidation sites excluding steroid dienone is 4. The third kappa shape index (κ3) is 5.84. The SMILES string of the molecule is C1=CC2=C(CC1)C(c1ccc(Oc3ccc(-n4c5ccccc5c5ccccc54)cc3)cc1)(c1ccc(Oc3ccc(-n4c5ccccc5c5ccccc54)cc3)cc1)c1ccccc12. The fraction of sp³-hybridized carbons (Fsp3) is 0.0492. The van der Waals surface area contributed by atoms with Gasteiger partial charge in [-0.05, 0) is 143 Å². The molecule has 13 rings (SSSR count). The highest BCUT2D eigenvalue weighted by atomic mass is 16.5. The lowest BCUT2D eigenvalue weighted by Crippen LogP contribution is -2.30. The van der Waals surface area contributed by atoms with Crippen molar-refractivity contribution in [1.82, 2.24) is 9.13 Å². The molecule has 2 aliphatic carbocycles. The normalized spacial score (nSPS) is 14.0. The van der Waals surface area contributed by atoms with Crippen LogP contribution in [0.3, 0.4) is 0 Å². The predicted molar refractivity (Wildman–Crippen MR) is 266 cm³/mol. The van der Waals surface area contributed by atoms with Gasteiger partial charge in [0.15, 0.2) is 0 Å². The molecule has 0 fully saturated rings.